The Hall–Kier alpha value is -3.78. The number of hydrogen-bond donors (Lipinski definition) is 5. The molecular formula is C18H17N7O. The van der Waals surface area contributed by atoms with E-state index in [0.29, 0.717) is 28.3 Å². The average molecular weight is 347 g/mol. The molecule has 4 rings (SSSR count). The molecule has 26 heavy (non-hydrogen) atoms. The number of H-pyrrole nitrogens is 1. The number of carbonyl (C=O) groups excluding carboxylic acids is 1. The topological polar surface area (TPSA) is 141 Å². The van der Waals surface area contributed by atoms with Crippen molar-refractivity contribution >= 4 is 33.9 Å². The number of nitrogens with two attached hydrogens (primary N) is 3. The van der Waals surface area contributed by atoms with Crippen LogP contribution in [-0.4, -0.2) is 20.5 Å². The van der Waals surface area contributed by atoms with E-state index in [9.17, 15) is 4.79 Å². The molecule has 0 bridgehead atoms. The molecule has 2 aromatic carbocycles. The van der Waals surface area contributed by atoms with Gasteiger partial charge in [-0.25, -0.2) is 4.68 Å². The summed E-state index contributed by atoms with van der Waals surface area (Å²) < 4.78 is 1.47. The fourth-order valence-corrected chi connectivity index (χ4v) is 2.88. The minimum absolute atomic E-state index is 0.224. The van der Waals surface area contributed by atoms with Crippen molar-refractivity contribution in [1.82, 2.24) is 14.8 Å². The minimum Gasteiger partial charge on any atom is -0.397 e. The summed E-state index contributed by atoms with van der Waals surface area (Å²) in [6.07, 6.45) is 1.45. The van der Waals surface area contributed by atoms with Crippen LogP contribution in [0.3, 0.4) is 0 Å². The molecule has 0 amide bonds. The van der Waals surface area contributed by atoms with E-state index in [1.807, 2.05) is 24.3 Å². The van der Waals surface area contributed by atoms with Gasteiger partial charge in [-0.15, -0.1) is 0 Å². The monoisotopic (exact) mass is 347 g/mol. The maximum Gasteiger partial charge on any atom is 0.214 e. The second-order valence-electron chi connectivity index (χ2n) is 5.87. The van der Waals surface area contributed by atoms with E-state index >= 15 is 0 Å². The fourth-order valence-electron chi connectivity index (χ4n) is 2.88. The normalized spacial score (nSPS) is 11.0. The van der Waals surface area contributed by atoms with Crippen molar-refractivity contribution in [3.05, 3.63) is 66.0 Å². The maximum absolute atomic E-state index is 12.8. The Labute approximate surface area is 148 Å². The number of hydrazine groups is 1. The van der Waals surface area contributed by atoms with Gasteiger partial charge in [0.2, 0.25) is 5.78 Å². The number of nitrogens with zero attached hydrogens (tertiary/aromatic N) is 2. The number of fused-ring (bicyclic) bond motifs is 1. The van der Waals surface area contributed by atoms with Gasteiger partial charge in [-0.2, -0.15) is 5.10 Å². The van der Waals surface area contributed by atoms with E-state index in [-0.39, 0.29) is 11.6 Å². The van der Waals surface area contributed by atoms with E-state index in [1.54, 1.807) is 24.3 Å². The number of rotatable bonds is 4. The highest BCUT2D eigenvalue weighted by atomic mass is 16.1. The standard InChI is InChI=1S/C18H17N7O/c19-13-6-5-11(8-15(13)24-21)25-18(20)12(9-22-25)17(26)16-7-10-3-1-2-4-14(10)23-16/h1-9,23-24H,19-21H2. The Morgan fingerprint density at radius 2 is 1.92 bits per heavy atom. The van der Waals surface area contributed by atoms with E-state index < -0.39 is 0 Å². The maximum atomic E-state index is 12.8. The fraction of sp³-hybridized carbons (Fsp3) is 0. The first-order valence-electron chi connectivity index (χ1n) is 7.91. The third-order valence-electron chi connectivity index (χ3n) is 4.26. The van der Waals surface area contributed by atoms with Gasteiger partial charge in [-0.3, -0.25) is 10.6 Å². The van der Waals surface area contributed by atoms with E-state index in [0.717, 1.165) is 10.9 Å². The second kappa shape index (κ2) is 5.94. The summed E-state index contributed by atoms with van der Waals surface area (Å²) in [6.45, 7) is 0. The molecule has 0 saturated carbocycles. The number of aromatic nitrogens is 3. The first-order chi connectivity index (χ1) is 12.6. The van der Waals surface area contributed by atoms with Crippen LogP contribution in [0.25, 0.3) is 16.6 Å². The van der Waals surface area contributed by atoms with Crippen LogP contribution < -0.4 is 22.7 Å². The molecule has 2 aromatic heterocycles. The highest BCUT2D eigenvalue weighted by Crippen LogP contribution is 2.25. The number of carbonyl (C=O) groups is 1. The molecule has 8 N–H and O–H groups in total. The van der Waals surface area contributed by atoms with Gasteiger partial charge in [0, 0.05) is 10.9 Å². The third-order valence-corrected chi connectivity index (χ3v) is 4.26. The molecular weight excluding hydrogens is 330 g/mol. The molecule has 4 aromatic rings. The average Bonchev–Trinajstić information content (AvgIpc) is 3.25. The molecule has 130 valence electrons. The molecule has 0 aliphatic rings. The first-order valence-corrected chi connectivity index (χ1v) is 7.91. The predicted octanol–water partition coefficient (Wildman–Crippen LogP) is 2.03. The molecule has 8 heteroatoms. The molecule has 0 aliphatic heterocycles. The Bertz CT molecular complexity index is 1090. The van der Waals surface area contributed by atoms with E-state index in [4.69, 9.17) is 17.3 Å². The van der Waals surface area contributed by atoms with Crippen molar-refractivity contribution in [2.24, 2.45) is 5.84 Å². The van der Waals surface area contributed by atoms with Gasteiger partial charge in [-0.05, 0) is 30.3 Å². The van der Waals surface area contributed by atoms with Crippen LogP contribution in [0, 0.1) is 0 Å². The van der Waals surface area contributed by atoms with Gasteiger partial charge in [0.1, 0.15) is 5.82 Å². The van der Waals surface area contributed by atoms with Crippen LogP contribution in [0.1, 0.15) is 16.1 Å². The largest absolute Gasteiger partial charge is 0.397 e. The van der Waals surface area contributed by atoms with Crippen LogP contribution in [0.4, 0.5) is 17.2 Å². The number of ketones is 1. The summed E-state index contributed by atoms with van der Waals surface area (Å²) in [7, 11) is 0. The number of benzene rings is 2. The van der Waals surface area contributed by atoms with Crippen LogP contribution >= 0.6 is 0 Å². The van der Waals surface area contributed by atoms with Crippen molar-refractivity contribution in [3.8, 4) is 5.69 Å². The van der Waals surface area contributed by atoms with Crippen molar-refractivity contribution < 1.29 is 4.79 Å². The number of para-hydroxylation sites is 1. The van der Waals surface area contributed by atoms with Gasteiger partial charge in [0.25, 0.3) is 0 Å². The quantitative estimate of drug-likeness (QED) is 0.166. The zero-order chi connectivity index (χ0) is 18.3. The second-order valence-corrected chi connectivity index (χ2v) is 5.87. The lowest BCUT2D eigenvalue weighted by atomic mass is 10.1. The Morgan fingerprint density at radius 1 is 1.12 bits per heavy atom. The number of aromatic amines is 1. The summed E-state index contributed by atoms with van der Waals surface area (Å²) in [5, 5.41) is 5.20. The van der Waals surface area contributed by atoms with Gasteiger partial charge < -0.3 is 21.9 Å². The SMILES string of the molecule is NNc1cc(-n2ncc(C(=O)c3cc4ccccc4[nH]3)c2N)ccc1N. The lowest BCUT2D eigenvalue weighted by Gasteiger charge is -2.09. The highest BCUT2D eigenvalue weighted by molar-refractivity contribution is 6.12. The summed E-state index contributed by atoms with van der Waals surface area (Å²) in [4.78, 5) is 16.0. The van der Waals surface area contributed by atoms with Crippen LogP contribution in [0.2, 0.25) is 0 Å². The lowest BCUT2D eigenvalue weighted by Crippen LogP contribution is -2.11. The van der Waals surface area contributed by atoms with Gasteiger partial charge in [0.15, 0.2) is 0 Å². The molecule has 0 aliphatic carbocycles. The number of nitrogen functional groups attached to an aromatic ring is 3. The van der Waals surface area contributed by atoms with Gasteiger partial charge >= 0.3 is 0 Å². The zero-order valence-electron chi connectivity index (χ0n) is 13.7. The summed E-state index contributed by atoms with van der Waals surface area (Å²) >= 11 is 0. The highest BCUT2D eigenvalue weighted by Gasteiger charge is 2.19. The minimum atomic E-state index is -0.224. The lowest BCUT2D eigenvalue weighted by molar-refractivity contribution is 0.103. The third kappa shape index (κ3) is 2.45. The zero-order valence-corrected chi connectivity index (χ0v) is 13.7. The Morgan fingerprint density at radius 3 is 2.69 bits per heavy atom. The molecule has 2 heterocycles. The van der Waals surface area contributed by atoms with Crippen LogP contribution in [0.5, 0.6) is 0 Å². The van der Waals surface area contributed by atoms with Crippen LogP contribution in [0.15, 0.2) is 54.7 Å². The van der Waals surface area contributed by atoms with Crippen molar-refractivity contribution in [2.75, 3.05) is 16.9 Å². The molecule has 0 saturated heterocycles. The van der Waals surface area contributed by atoms with Crippen molar-refractivity contribution in [2.45, 2.75) is 0 Å². The number of hydrogen-bond acceptors (Lipinski definition) is 6. The Balaban J connectivity index is 1.74. The molecule has 0 spiro atoms. The summed E-state index contributed by atoms with van der Waals surface area (Å²) in [5.74, 6) is 5.47. The van der Waals surface area contributed by atoms with Gasteiger partial charge in [-0.1, -0.05) is 18.2 Å². The number of nitrogens with one attached hydrogen (secondary N) is 2. The predicted molar refractivity (Wildman–Crippen MR) is 102 cm³/mol. The van der Waals surface area contributed by atoms with Crippen molar-refractivity contribution in [1.29, 1.82) is 0 Å². The first kappa shape index (κ1) is 15.7. The van der Waals surface area contributed by atoms with Gasteiger partial charge in [0.05, 0.1) is 34.5 Å². The van der Waals surface area contributed by atoms with Crippen LogP contribution in [-0.2, 0) is 0 Å². The van der Waals surface area contributed by atoms with E-state index in [1.165, 1.54) is 10.9 Å². The molecule has 0 fully saturated rings. The van der Waals surface area contributed by atoms with E-state index in [2.05, 4.69) is 15.5 Å². The van der Waals surface area contributed by atoms with Crippen molar-refractivity contribution in [3.63, 3.8) is 0 Å². The molecule has 0 atom stereocenters. The summed E-state index contributed by atoms with van der Waals surface area (Å²) in [6, 6.07) is 14.6. The molecule has 0 radical (unpaired) electrons. The Kier molecular flexibility index (Phi) is 3.59. The smallest absolute Gasteiger partial charge is 0.214 e. The number of anilines is 3. The molecule has 0 unspecified atom stereocenters. The molecule has 8 nitrogen and oxygen atoms in total. The summed E-state index contributed by atoms with van der Waals surface area (Å²) in [5.41, 5.74) is 17.9.